The molecule has 0 saturated carbocycles. The fourth-order valence-corrected chi connectivity index (χ4v) is 2.41. The van der Waals surface area contributed by atoms with E-state index in [4.69, 9.17) is 14.6 Å². The number of nitrogens with two attached hydrogens (primary N) is 1. The molecule has 1 unspecified atom stereocenters. The van der Waals surface area contributed by atoms with Gasteiger partial charge < -0.3 is 25.1 Å². The number of hydrogen-bond acceptors (Lipinski definition) is 6. The zero-order valence-electron chi connectivity index (χ0n) is 17.9. The number of carboxylic acids is 1. The van der Waals surface area contributed by atoms with E-state index in [-0.39, 0.29) is 19.0 Å². The van der Waals surface area contributed by atoms with Crippen LogP contribution in [0.2, 0.25) is 0 Å². The van der Waals surface area contributed by atoms with E-state index in [0.29, 0.717) is 6.29 Å². The molecule has 0 aliphatic carbocycles. The van der Waals surface area contributed by atoms with Crippen molar-refractivity contribution in [2.24, 2.45) is 11.7 Å². The molecule has 32 heavy (non-hydrogen) atoms. The Hall–Kier alpha value is -1.80. The molecule has 190 valence electrons. The Bertz CT molecular complexity index is 637. The van der Waals surface area contributed by atoms with Crippen LogP contribution in [0, 0.1) is 5.92 Å². The van der Waals surface area contributed by atoms with Gasteiger partial charge in [-0.25, -0.2) is 4.79 Å². The van der Waals surface area contributed by atoms with Crippen LogP contribution < -0.4 is 5.73 Å². The van der Waals surface area contributed by atoms with Crippen molar-refractivity contribution in [2.75, 3.05) is 6.61 Å². The van der Waals surface area contributed by atoms with E-state index >= 15 is 0 Å². The number of aliphatic carboxylic acids is 1. The lowest BCUT2D eigenvalue weighted by Gasteiger charge is -2.33. The van der Waals surface area contributed by atoms with Gasteiger partial charge in [0.05, 0.1) is 6.61 Å². The predicted molar refractivity (Wildman–Crippen MR) is 101 cm³/mol. The molecular weight excluding hydrogens is 478 g/mol. The van der Waals surface area contributed by atoms with E-state index < -0.39 is 60.2 Å². The summed E-state index contributed by atoms with van der Waals surface area (Å²) in [4.78, 5) is 34.1. The number of ether oxygens (including phenoxy) is 2. The highest BCUT2D eigenvalue weighted by Gasteiger charge is 2.57. The Kier molecular flexibility index (Phi) is 11.5. The van der Waals surface area contributed by atoms with Gasteiger partial charge in [0, 0.05) is 0 Å². The molecule has 1 aliphatic rings. The zero-order valence-corrected chi connectivity index (χ0v) is 18.7. The molecule has 1 heterocycles. The molecule has 0 aromatic carbocycles. The SMILES string of the molecule is CC(C)(C)OC(=O)N1[C@@H](C=O)COC1(C)C.Cl.NC(CC(C(F)(F)F)C(F)(F)F)C(=O)O. The van der Waals surface area contributed by atoms with E-state index in [1.54, 1.807) is 34.6 Å². The average molecular weight is 505 g/mol. The first kappa shape index (κ1) is 32.4. The Balaban J connectivity index is 0. The Morgan fingerprint density at radius 2 is 1.62 bits per heavy atom. The van der Waals surface area contributed by atoms with Crippen molar-refractivity contribution in [3.63, 3.8) is 0 Å². The summed E-state index contributed by atoms with van der Waals surface area (Å²) in [6, 6.07) is -2.76. The van der Waals surface area contributed by atoms with Gasteiger partial charge >= 0.3 is 24.4 Å². The molecule has 0 bridgehead atoms. The molecule has 15 heteroatoms. The Labute approximate surface area is 186 Å². The second-order valence-electron chi connectivity index (χ2n) is 8.13. The Morgan fingerprint density at radius 3 is 1.94 bits per heavy atom. The molecule has 2 atom stereocenters. The molecule has 1 rings (SSSR count). The van der Waals surface area contributed by atoms with Gasteiger partial charge in [0.2, 0.25) is 0 Å². The fourth-order valence-electron chi connectivity index (χ4n) is 2.41. The summed E-state index contributed by atoms with van der Waals surface area (Å²) in [5.74, 6) is -5.62. The molecule has 0 radical (unpaired) electrons. The predicted octanol–water partition coefficient (Wildman–Crippen LogP) is 3.51. The monoisotopic (exact) mass is 504 g/mol. The van der Waals surface area contributed by atoms with Gasteiger partial charge in [0.1, 0.15) is 29.7 Å². The zero-order chi connectivity index (χ0) is 25.0. The molecule has 1 saturated heterocycles. The van der Waals surface area contributed by atoms with Crippen LogP contribution in [0.15, 0.2) is 0 Å². The van der Waals surface area contributed by atoms with Gasteiger partial charge in [0.25, 0.3) is 0 Å². The number of nitrogens with zero attached hydrogens (tertiary/aromatic N) is 1. The summed E-state index contributed by atoms with van der Waals surface area (Å²) in [5.41, 5.74) is 3.23. The second kappa shape index (κ2) is 11.4. The molecule has 1 fully saturated rings. The number of amides is 1. The number of carbonyl (C=O) groups excluding carboxylic acids is 2. The van der Waals surface area contributed by atoms with Crippen LogP contribution in [-0.2, 0) is 19.1 Å². The molecule has 1 aliphatic heterocycles. The summed E-state index contributed by atoms with van der Waals surface area (Å²) in [6.07, 6.45) is -12.6. The quantitative estimate of drug-likeness (QED) is 0.444. The Morgan fingerprint density at radius 1 is 1.19 bits per heavy atom. The number of carboxylic acid groups (broad SMARTS) is 1. The van der Waals surface area contributed by atoms with Gasteiger partial charge in [0.15, 0.2) is 5.92 Å². The lowest BCUT2D eigenvalue weighted by Crippen LogP contribution is -2.50. The van der Waals surface area contributed by atoms with Crippen LogP contribution >= 0.6 is 12.4 Å². The third kappa shape index (κ3) is 10.2. The molecular formula is C17H27ClF6N2O6. The normalized spacial score (nSPS) is 19.4. The second-order valence-corrected chi connectivity index (χ2v) is 8.13. The number of carbonyl (C=O) groups is 3. The van der Waals surface area contributed by atoms with Gasteiger partial charge in [-0.2, -0.15) is 26.3 Å². The minimum absolute atomic E-state index is 0. The molecule has 3 N–H and O–H groups in total. The van der Waals surface area contributed by atoms with Crippen molar-refractivity contribution in [2.45, 2.75) is 76.8 Å². The van der Waals surface area contributed by atoms with Gasteiger partial charge in [-0.1, -0.05) is 0 Å². The maximum atomic E-state index is 11.9. The highest BCUT2D eigenvalue weighted by atomic mass is 35.5. The summed E-state index contributed by atoms with van der Waals surface area (Å²) in [6.45, 7) is 9.04. The van der Waals surface area contributed by atoms with Gasteiger partial charge in [-0.3, -0.25) is 9.69 Å². The first-order chi connectivity index (χ1) is 13.6. The third-order valence-electron chi connectivity index (χ3n) is 3.86. The van der Waals surface area contributed by atoms with E-state index in [9.17, 15) is 40.7 Å². The van der Waals surface area contributed by atoms with Crippen molar-refractivity contribution in [1.82, 2.24) is 4.90 Å². The van der Waals surface area contributed by atoms with Gasteiger partial charge in [-0.05, 0) is 41.0 Å². The van der Waals surface area contributed by atoms with E-state index in [1.165, 1.54) is 4.90 Å². The van der Waals surface area contributed by atoms with Crippen LogP contribution in [-0.4, -0.2) is 70.7 Å². The maximum Gasteiger partial charge on any atom is 0.413 e. The fraction of sp³-hybridized carbons (Fsp3) is 0.824. The number of hydrogen-bond donors (Lipinski definition) is 2. The lowest BCUT2D eigenvalue weighted by molar-refractivity contribution is -0.286. The first-order valence-corrected chi connectivity index (χ1v) is 8.87. The molecule has 8 nitrogen and oxygen atoms in total. The van der Waals surface area contributed by atoms with E-state index in [0.717, 1.165) is 0 Å². The van der Waals surface area contributed by atoms with Crippen LogP contribution in [0.25, 0.3) is 0 Å². The standard InChI is InChI=1S/C11H19NO4.C6H7F6NO2.ClH/c1-10(2,3)16-9(14)12-8(6-13)7-15-11(12,4)5;7-5(8,9)3(6(10,11)12)1-2(13)4(14)15;/h6,8H,7H2,1-5H3;2-3H,1,13H2,(H,14,15);1H/t8-;;/m0../s1. The third-order valence-corrected chi connectivity index (χ3v) is 3.86. The smallest absolute Gasteiger partial charge is 0.413 e. The summed E-state index contributed by atoms with van der Waals surface area (Å²) in [7, 11) is 0. The van der Waals surface area contributed by atoms with Crippen LogP contribution in [0.5, 0.6) is 0 Å². The number of aldehydes is 1. The maximum absolute atomic E-state index is 11.9. The lowest BCUT2D eigenvalue weighted by atomic mass is 9.99. The number of rotatable bonds is 4. The molecule has 0 aromatic heterocycles. The van der Waals surface area contributed by atoms with Crippen molar-refractivity contribution in [3.05, 3.63) is 0 Å². The minimum Gasteiger partial charge on any atom is -0.480 e. The van der Waals surface area contributed by atoms with Crippen molar-refractivity contribution >= 4 is 30.8 Å². The summed E-state index contributed by atoms with van der Waals surface area (Å²) in [5, 5.41) is 8.10. The molecule has 1 amide bonds. The first-order valence-electron chi connectivity index (χ1n) is 8.87. The minimum atomic E-state index is -5.55. The van der Waals surface area contributed by atoms with E-state index in [2.05, 4.69) is 5.73 Å². The largest absolute Gasteiger partial charge is 0.480 e. The summed E-state index contributed by atoms with van der Waals surface area (Å²) < 4.78 is 81.9. The molecule has 0 spiro atoms. The highest BCUT2D eigenvalue weighted by Crippen LogP contribution is 2.41. The van der Waals surface area contributed by atoms with Crippen LogP contribution in [0.1, 0.15) is 41.0 Å². The van der Waals surface area contributed by atoms with Gasteiger partial charge in [-0.15, -0.1) is 12.4 Å². The number of alkyl halides is 6. The van der Waals surface area contributed by atoms with E-state index in [1.807, 2.05) is 0 Å². The van der Waals surface area contributed by atoms with Crippen molar-refractivity contribution in [1.29, 1.82) is 0 Å². The topological polar surface area (TPSA) is 119 Å². The van der Waals surface area contributed by atoms with Crippen molar-refractivity contribution in [3.8, 4) is 0 Å². The van der Waals surface area contributed by atoms with Crippen molar-refractivity contribution < 1.29 is 55.3 Å². The average Bonchev–Trinajstić information content (AvgIpc) is 2.83. The van der Waals surface area contributed by atoms with Crippen LogP contribution in [0.4, 0.5) is 31.1 Å². The summed E-state index contributed by atoms with van der Waals surface area (Å²) >= 11 is 0. The number of halogens is 7. The highest BCUT2D eigenvalue weighted by molar-refractivity contribution is 5.85. The van der Waals surface area contributed by atoms with Crippen LogP contribution in [0.3, 0.4) is 0 Å². The molecule has 0 aromatic rings.